The summed E-state index contributed by atoms with van der Waals surface area (Å²) in [6.07, 6.45) is 0. The number of nitrogens with one attached hydrogen (secondary N) is 2. The van der Waals surface area contributed by atoms with Crippen LogP contribution in [0.15, 0.2) is 91.0 Å². The molecule has 0 radical (unpaired) electrons. The zero-order chi connectivity index (χ0) is 19.1. The molecule has 3 rings (SSSR count). The van der Waals surface area contributed by atoms with E-state index in [0.29, 0.717) is 23.6 Å². The first-order chi connectivity index (χ1) is 13.1. The highest BCUT2D eigenvalue weighted by molar-refractivity contribution is 6.08. The van der Waals surface area contributed by atoms with Crippen LogP contribution in [0.4, 0.5) is 17.1 Å². The molecule has 0 saturated carbocycles. The molecule has 0 fully saturated rings. The van der Waals surface area contributed by atoms with Crippen LogP contribution in [0, 0.1) is 0 Å². The molecule has 0 heterocycles. The molecule has 27 heavy (non-hydrogen) atoms. The van der Waals surface area contributed by atoms with E-state index < -0.39 is 0 Å². The third-order valence-corrected chi connectivity index (χ3v) is 3.80. The van der Waals surface area contributed by atoms with Gasteiger partial charge in [0.15, 0.2) is 0 Å². The van der Waals surface area contributed by atoms with Gasteiger partial charge in [-0.15, -0.1) is 0 Å². The summed E-state index contributed by atoms with van der Waals surface area (Å²) in [4.78, 5) is 12.8. The molecule has 0 unspecified atom stereocenters. The van der Waals surface area contributed by atoms with Crippen LogP contribution in [-0.2, 0) is 0 Å². The van der Waals surface area contributed by atoms with Gasteiger partial charge < -0.3 is 15.4 Å². The molecule has 136 valence electrons. The van der Waals surface area contributed by atoms with Gasteiger partial charge in [-0.1, -0.05) is 43.0 Å². The Morgan fingerprint density at radius 2 is 1.63 bits per heavy atom. The summed E-state index contributed by atoms with van der Waals surface area (Å²) in [6, 6.07) is 24.5. The van der Waals surface area contributed by atoms with Gasteiger partial charge in [0.1, 0.15) is 12.4 Å². The SMILES string of the molecule is C=C(C)COc1cccc(NC(=O)c2ccccc2Nc2ccccc2)c1. The number of carbonyl (C=O) groups excluding carboxylic acids is 1. The lowest BCUT2D eigenvalue weighted by molar-refractivity contribution is 0.102. The monoisotopic (exact) mass is 358 g/mol. The minimum atomic E-state index is -0.189. The second-order valence-electron chi connectivity index (χ2n) is 6.26. The number of rotatable bonds is 7. The van der Waals surface area contributed by atoms with Crippen molar-refractivity contribution < 1.29 is 9.53 Å². The smallest absolute Gasteiger partial charge is 0.257 e. The summed E-state index contributed by atoms with van der Waals surface area (Å²) in [6.45, 7) is 6.17. The van der Waals surface area contributed by atoms with E-state index in [4.69, 9.17) is 4.74 Å². The Balaban J connectivity index is 1.75. The van der Waals surface area contributed by atoms with Gasteiger partial charge in [0.25, 0.3) is 5.91 Å². The molecule has 0 spiro atoms. The number of benzene rings is 3. The number of carbonyl (C=O) groups is 1. The molecule has 2 N–H and O–H groups in total. The first-order valence-corrected chi connectivity index (χ1v) is 8.71. The Labute approximate surface area is 159 Å². The van der Waals surface area contributed by atoms with Crippen LogP contribution in [-0.4, -0.2) is 12.5 Å². The summed E-state index contributed by atoms with van der Waals surface area (Å²) in [7, 11) is 0. The number of hydrogen-bond donors (Lipinski definition) is 2. The Bertz CT molecular complexity index is 936. The predicted molar refractivity (Wildman–Crippen MR) is 111 cm³/mol. The number of anilines is 3. The molecule has 4 heteroatoms. The van der Waals surface area contributed by atoms with Gasteiger partial charge in [-0.05, 0) is 48.9 Å². The summed E-state index contributed by atoms with van der Waals surface area (Å²) in [5, 5.41) is 6.22. The summed E-state index contributed by atoms with van der Waals surface area (Å²) < 4.78 is 5.63. The van der Waals surface area contributed by atoms with Crippen molar-refractivity contribution >= 4 is 23.0 Å². The van der Waals surface area contributed by atoms with E-state index in [1.165, 1.54) is 0 Å². The molecule has 3 aromatic rings. The van der Waals surface area contributed by atoms with Crippen LogP contribution >= 0.6 is 0 Å². The van der Waals surface area contributed by atoms with Gasteiger partial charge in [-0.3, -0.25) is 4.79 Å². The molecule has 0 saturated heterocycles. The average Bonchev–Trinajstić information content (AvgIpc) is 2.68. The van der Waals surface area contributed by atoms with Gasteiger partial charge >= 0.3 is 0 Å². The fourth-order valence-electron chi connectivity index (χ4n) is 2.54. The third-order valence-electron chi connectivity index (χ3n) is 3.80. The van der Waals surface area contributed by atoms with Crippen molar-refractivity contribution in [3.05, 3.63) is 96.6 Å². The van der Waals surface area contributed by atoms with E-state index in [0.717, 1.165) is 16.9 Å². The Hall–Kier alpha value is -3.53. The zero-order valence-corrected chi connectivity index (χ0v) is 15.2. The molecule has 0 atom stereocenters. The second-order valence-corrected chi connectivity index (χ2v) is 6.26. The maximum atomic E-state index is 12.8. The fourth-order valence-corrected chi connectivity index (χ4v) is 2.54. The van der Waals surface area contributed by atoms with Gasteiger partial charge in [0.05, 0.1) is 11.3 Å². The maximum Gasteiger partial charge on any atom is 0.257 e. The largest absolute Gasteiger partial charge is 0.489 e. The van der Waals surface area contributed by atoms with Crippen molar-refractivity contribution in [3.63, 3.8) is 0 Å². The molecule has 0 bridgehead atoms. The van der Waals surface area contributed by atoms with Crippen molar-refractivity contribution in [1.29, 1.82) is 0 Å². The van der Waals surface area contributed by atoms with E-state index in [1.54, 1.807) is 12.1 Å². The highest BCUT2D eigenvalue weighted by Crippen LogP contribution is 2.23. The lowest BCUT2D eigenvalue weighted by atomic mass is 10.1. The van der Waals surface area contributed by atoms with Crippen molar-refractivity contribution in [3.8, 4) is 5.75 Å². The molecule has 4 nitrogen and oxygen atoms in total. The Kier molecular flexibility index (Phi) is 5.90. The van der Waals surface area contributed by atoms with Crippen LogP contribution in [0.2, 0.25) is 0 Å². The van der Waals surface area contributed by atoms with Gasteiger partial charge in [-0.25, -0.2) is 0 Å². The van der Waals surface area contributed by atoms with Crippen molar-refractivity contribution in [2.75, 3.05) is 17.2 Å². The van der Waals surface area contributed by atoms with Crippen LogP contribution in [0.1, 0.15) is 17.3 Å². The molecule has 3 aromatic carbocycles. The molecule has 0 aromatic heterocycles. The molecular formula is C23H22N2O2. The van der Waals surface area contributed by atoms with Crippen molar-refractivity contribution in [1.82, 2.24) is 0 Å². The first kappa shape index (κ1) is 18.3. The fraction of sp³-hybridized carbons (Fsp3) is 0.0870. The second kappa shape index (κ2) is 8.72. The summed E-state index contributed by atoms with van der Waals surface area (Å²) in [5.74, 6) is 0.498. The third kappa shape index (κ3) is 5.22. The topological polar surface area (TPSA) is 50.4 Å². The maximum absolute atomic E-state index is 12.8. The highest BCUT2D eigenvalue weighted by atomic mass is 16.5. The van der Waals surface area contributed by atoms with Gasteiger partial charge in [0, 0.05) is 17.4 Å². The van der Waals surface area contributed by atoms with E-state index in [2.05, 4.69) is 17.2 Å². The number of para-hydroxylation sites is 2. The lowest BCUT2D eigenvalue weighted by Gasteiger charge is -2.13. The standard InChI is InChI=1S/C23H22N2O2/c1-17(2)16-27-20-12-8-11-19(15-20)25-23(26)21-13-6-7-14-22(21)24-18-9-4-3-5-10-18/h3-15,24H,1,16H2,2H3,(H,25,26). The van der Waals surface area contributed by atoms with Crippen molar-refractivity contribution in [2.24, 2.45) is 0 Å². The van der Waals surface area contributed by atoms with Crippen molar-refractivity contribution in [2.45, 2.75) is 6.92 Å². The van der Waals surface area contributed by atoms with Crippen LogP contribution in [0.25, 0.3) is 0 Å². The first-order valence-electron chi connectivity index (χ1n) is 8.71. The predicted octanol–water partition coefficient (Wildman–Crippen LogP) is 5.64. The van der Waals surface area contributed by atoms with E-state index >= 15 is 0 Å². The van der Waals surface area contributed by atoms with E-state index in [1.807, 2.05) is 73.7 Å². The van der Waals surface area contributed by atoms with Gasteiger partial charge in [0.2, 0.25) is 0 Å². The molecular weight excluding hydrogens is 336 g/mol. The molecule has 0 aliphatic heterocycles. The molecule has 0 aliphatic carbocycles. The van der Waals surface area contributed by atoms with E-state index in [9.17, 15) is 4.79 Å². The normalized spacial score (nSPS) is 10.1. The number of ether oxygens (including phenoxy) is 1. The Morgan fingerprint density at radius 1 is 0.926 bits per heavy atom. The lowest BCUT2D eigenvalue weighted by Crippen LogP contribution is -2.14. The minimum Gasteiger partial charge on any atom is -0.489 e. The summed E-state index contributed by atoms with van der Waals surface area (Å²) in [5.41, 5.74) is 3.84. The van der Waals surface area contributed by atoms with Crippen LogP contribution in [0.3, 0.4) is 0 Å². The van der Waals surface area contributed by atoms with Gasteiger partial charge in [-0.2, -0.15) is 0 Å². The minimum absolute atomic E-state index is 0.189. The molecule has 1 amide bonds. The molecule has 0 aliphatic rings. The Morgan fingerprint density at radius 3 is 2.41 bits per heavy atom. The number of amides is 1. The summed E-state index contributed by atoms with van der Waals surface area (Å²) >= 11 is 0. The van der Waals surface area contributed by atoms with E-state index in [-0.39, 0.29) is 5.91 Å². The average molecular weight is 358 g/mol. The van der Waals surface area contributed by atoms with Crippen LogP contribution in [0.5, 0.6) is 5.75 Å². The highest BCUT2D eigenvalue weighted by Gasteiger charge is 2.12. The van der Waals surface area contributed by atoms with Crippen LogP contribution < -0.4 is 15.4 Å². The number of hydrogen-bond acceptors (Lipinski definition) is 3. The zero-order valence-electron chi connectivity index (χ0n) is 15.2. The quantitative estimate of drug-likeness (QED) is 0.538.